The van der Waals surface area contributed by atoms with Gasteiger partial charge in [0.25, 0.3) is 6.71 Å². The lowest BCUT2D eigenvalue weighted by Gasteiger charge is -2.44. The Bertz CT molecular complexity index is 2610. The highest BCUT2D eigenvalue weighted by Crippen LogP contribution is 2.52. The molecule has 6 heteroatoms. The zero-order chi connectivity index (χ0) is 41.2. The highest BCUT2D eigenvalue weighted by molar-refractivity contribution is 7.00. The predicted octanol–water partition coefficient (Wildman–Crippen LogP) is 12.3. The fraction of sp³-hybridized carbons (Fsp3) is 0.385. The Kier molecular flexibility index (Phi) is 8.75. The first kappa shape index (κ1) is 38.4. The van der Waals surface area contributed by atoms with Crippen LogP contribution in [0.3, 0.4) is 0 Å². The second-order valence-corrected chi connectivity index (χ2v) is 20.4. The van der Waals surface area contributed by atoms with Crippen molar-refractivity contribution in [3.05, 3.63) is 112 Å². The maximum absolute atomic E-state index is 7.31. The van der Waals surface area contributed by atoms with E-state index in [1.54, 1.807) is 0 Å². The second kappa shape index (κ2) is 13.2. The summed E-state index contributed by atoms with van der Waals surface area (Å²) in [4.78, 5) is 5.06. The van der Waals surface area contributed by atoms with Gasteiger partial charge in [-0.3, -0.25) is 0 Å². The van der Waals surface area contributed by atoms with Crippen molar-refractivity contribution in [2.45, 2.75) is 119 Å². The predicted molar refractivity (Wildman–Crippen MR) is 246 cm³/mol. The molecule has 298 valence electrons. The van der Waals surface area contributed by atoms with Crippen LogP contribution < -0.4 is 35.9 Å². The molecule has 5 nitrogen and oxygen atoms in total. The Balaban J connectivity index is 1.43. The molecule has 58 heavy (non-hydrogen) atoms. The molecule has 4 heterocycles. The minimum atomic E-state index is -0.133. The van der Waals surface area contributed by atoms with Gasteiger partial charge in [-0.05, 0) is 123 Å². The summed E-state index contributed by atoms with van der Waals surface area (Å²) in [6.07, 6.45) is 0.854. The lowest BCUT2D eigenvalue weighted by molar-refractivity contribution is 0.296. The normalized spacial score (nSPS) is 15.1. The molecule has 0 saturated heterocycles. The van der Waals surface area contributed by atoms with Crippen LogP contribution in [-0.4, -0.2) is 19.9 Å². The standard InChI is InChI=1S/C52H59BN2O3/c1-30(2)33-26-41-45-42(27-33)55(46-31(3)25-44-48(32(46)4)57-24-14-23-56-44)47-38-28-35(51(8,9)10)18-22-43(38)58-49(47)53(45)39-29-36(52(11,12)13)17-21-40(39)54(41)37-19-15-34(16-20-37)50(5,6)7/h15-22,25-30H,14,23-24H2,1-13H3. The molecular formula is C52H59BN2O3. The molecule has 0 radical (unpaired) electrons. The number of rotatable bonds is 3. The molecule has 0 fully saturated rings. The number of anilines is 6. The Hall–Kier alpha value is -5.10. The lowest BCUT2D eigenvalue weighted by atomic mass is 9.35. The Morgan fingerprint density at radius 3 is 1.88 bits per heavy atom. The van der Waals surface area contributed by atoms with E-state index in [9.17, 15) is 0 Å². The van der Waals surface area contributed by atoms with E-state index in [0.29, 0.717) is 13.2 Å². The van der Waals surface area contributed by atoms with Crippen LogP contribution in [0.1, 0.15) is 122 Å². The van der Waals surface area contributed by atoms with E-state index < -0.39 is 0 Å². The van der Waals surface area contributed by atoms with Gasteiger partial charge in [-0.2, -0.15) is 0 Å². The van der Waals surface area contributed by atoms with Gasteiger partial charge in [0.1, 0.15) is 5.58 Å². The summed E-state index contributed by atoms with van der Waals surface area (Å²) in [5, 5.41) is 1.13. The van der Waals surface area contributed by atoms with Crippen LogP contribution in [0.5, 0.6) is 11.5 Å². The summed E-state index contributed by atoms with van der Waals surface area (Å²) in [5.41, 5.74) is 18.7. The summed E-state index contributed by atoms with van der Waals surface area (Å²) in [6.45, 7) is 30.9. The highest BCUT2D eigenvalue weighted by atomic mass is 16.5. The zero-order valence-electron chi connectivity index (χ0n) is 36.9. The number of hydrogen-bond donors (Lipinski definition) is 0. The van der Waals surface area contributed by atoms with Gasteiger partial charge in [-0.25, -0.2) is 0 Å². The molecule has 6 aromatic rings. The zero-order valence-corrected chi connectivity index (χ0v) is 36.9. The molecule has 9 rings (SSSR count). The largest absolute Gasteiger partial charge is 0.490 e. The number of nitrogens with zero attached hydrogens (tertiary/aromatic N) is 2. The van der Waals surface area contributed by atoms with E-state index >= 15 is 0 Å². The third-order valence-electron chi connectivity index (χ3n) is 12.7. The molecule has 1 aromatic heterocycles. The van der Waals surface area contributed by atoms with Crippen LogP contribution in [0.4, 0.5) is 34.1 Å². The van der Waals surface area contributed by atoms with Gasteiger partial charge >= 0.3 is 0 Å². The SMILES string of the molecule is Cc1cc2c(c(C)c1N1c3cc(C(C)C)cc4c3B(c3cc(C(C)(C)C)ccc3N4c3ccc(C(C)(C)C)cc3)c3oc4ccc(C(C)(C)C)cc4c31)OCCCO2. The van der Waals surface area contributed by atoms with Crippen LogP contribution in [-0.2, 0) is 16.2 Å². The minimum Gasteiger partial charge on any atom is -0.490 e. The van der Waals surface area contributed by atoms with Crippen LogP contribution in [0.15, 0.2) is 83.3 Å². The molecule has 0 spiro atoms. The molecule has 0 atom stereocenters. The molecule has 3 aliphatic heterocycles. The smallest absolute Gasteiger partial charge is 0.297 e. The Morgan fingerprint density at radius 1 is 0.621 bits per heavy atom. The summed E-state index contributed by atoms with van der Waals surface area (Å²) >= 11 is 0. The van der Waals surface area contributed by atoms with Gasteiger partial charge in [-0.1, -0.05) is 106 Å². The van der Waals surface area contributed by atoms with E-state index in [1.807, 2.05) is 0 Å². The summed E-state index contributed by atoms with van der Waals surface area (Å²) in [6, 6.07) is 30.3. The van der Waals surface area contributed by atoms with Gasteiger partial charge in [0.15, 0.2) is 11.5 Å². The monoisotopic (exact) mass is 770 g/mol. The average molecular weight is 771 g/mol. The molecule has 0 unspecified atom stereocenters. The first-order valence-corrected chi connectivity index (χ1v) is 21.3. The first-order valence-electron chi connectivity index (χ1n) is 21.3. The third kappa shape index (κ3) is 6.04. The number of benzene rings is 5. The van der Waals surface area contributed by atoms with E-state index in [2.05, 4.69) is 179 Å². The van der Waals surface area contributed by atoms with E-state index in [0.717, 1.165) is 62.7 Å². The fourth-order valence-corrected chi connectivity index (χ4v) is 9.36. The van der Waals surface area contributed by atoms with Gasteiger partial charge < -0.3 is 23.7 Å². The van der Waals surface area contributed by atoms with E-state index in [4.69, 9.17) is 13.9 Å². The van der Waals surface area contributed by atoms with Gasteiger partial charge in [0.05, 0.1) is 30.2 Å². The summed E-state index contributed by atoms with van der Waals surface area (Å²) in [7, 11) is 0. The first-order chi connectivity index (χ1) is 27.3. The number of fused-ring (bicyclic) bond motifs is 7. The second-order valence-electron chi connectivity index (χ2n) is 20.4. The van der Waals surface area contributed by atoms with Crippen molar-refractivity contribution in [1.82, 2.24) is 0 Å². The van der Waals surface area contributed by atoms with Crippen molar-refractivity contribution in [2.75, 3.05) is 23.0 Å². The third-order valence-corrected chi connectivity index (χ3v) is 12.7. The lowest BCUT2D eigenvalue weighted by Crippen LogP contribution is -2.61. The highest BCUT2D eigenvalue weighted by Gasteiger charge is 2.48. The van der Waals surface area contributed by atoms with Gasteiger partial charge in [0, 0.05) is 40.1 Å². The van der Waals surface area contributed by atoms with Crippen molar-refractivity contribution in [1.29, 1.82) is 0 Å². The van der Waals surface area contributed by atoms with Crippen molar-refractivity contribution >= 4 is 68.4 Å². The van der Waals surface area contributed by atoms with Crippen LogP contribution >= 0.6 is 0 Å². The molecule has 0 amide bonds. The van der Waals surface area contributed by atoms with E-state index in [-0.39, 0.29) is 28.9 Å². The quantitative estimate of drug-likeness (QED) is 0.167. The van der Waals surface area contributed by atoms with Crippen molar-refractivity contribution in [3.63, 3.8) is 0 Å². The Morgan fingerprint density at radius 2 is 1.22 bits per heavy atom. The van der Waals surface area contributed by atoms with Crippen molar-refractivity contribution in [3.8, 4) is 11.5 Å². The number of furan rings is 1. The van der Waals surface area contributed by atoms with Gasteiger partial charge in [0.2, 0.25) is 0 Å². The van der Waals surface area contributed by atoms with Crippen LogP contribution in [0.25, 0.3) is 11.0 Å². The molecule has 0 saturated carbocycles. The minimum absolute atomic E-state index is 0.0447. The van der Waals surface area contributed by atoms with Gasteiger partial charge in [-0.15, -0.1) is 0 Å². The topological polar surface area (TPSA) is 38.1 Å². The number of ether oxygens (including phenoxy) is 2. The molecule has 3 aliphatic rings. The maximum Gasteiger partial charge on any atom is 0.297 e. The molecule has 0 N–H and O–H groups in total. The fourth-order valence-electron chi connectivity index (χ4n) is 9.36. The summed E-state index contributed by atoms with van der Waals surface area (Å²) in [5.74, 6) is 1.95. The van der Waals surface area contributed by atoms with Crippen molar-refractivity contribution in [2.24, 2.45) is 0 Å². The van der Waals surface area contributed by atoms with Crippen LogP contribution in [0, 0.1) is 13.8 Å². The van der Waals surface area contributed by atoms with Crippen molar-refractivity contribution < 1.29 is 13.9 Å². The average Bonchev–Trinajstić information content (AvgIpc) is 3.36. The molecule has 5 aromatic carbocycles. The molecule has 0 aliphatic carbocycles. The Labute approximate surface area is 346 Å². The maximum atomic E-state index is 7.31. The number of hydrogen-bond acceptors (Lipinski definition) is 5. The van der Waals surface area contributed by atoms with E-state index in [1.165, 1.54) is 50.2 Å². The molecule has 0 bridgehead atoms. The van der Waals surface area contributed by atoms with Crippen LogP contribution in [0.2, 0.25) is 0 Å². The summed E-state index contributed by atoms with van der Waals surface area (Å²) < 4.78 is 20.2. The number of aryl methyl sites for hydroxylation is 1. The molecular weight excluding hydrogens is 711 g/mol.